The minimum Gasteiger partial charge on any atom is -0.497 e. The third-order valence-electron chi connectivity index (χ3n) is 5.97. The van der Waals surface area contributed by atoms with Crippen molar-refractivity contribution in [1.82, 2.24) is 14.7 Å². The van der Waals surface area contributed by atoms with E-state index in [0.29, 0.717) is 37.4 Å². The molecule has 1 heterocycles. The van der Waals surface area contributed by atoms with Gasteiger partial charge < -0.3 is 19.3 Å². The fourth-order valence-corrected chi connectivity index (χ4v) is 4.08. The van der Waals surface area contributed by atoms with E-state index >= 15 is 0 Å². The van der Waals surface area contributed by atoms with E-state index in [-0.39, 0.29) is 5.60 Å². The Morgan fingerprint density at radius 2 is 1.80 bits per heavy atom. The lowest BCUT2D eigenvalue weighted by Gasteiger charge is -2.27. The molecular formula is C28H37N3O4. The van der Waals surface area contributed by atoms with Crippen molar-refractivity contribution in [2.75, 3.05) is 20.3 Å². The van der Waals surface area contributed by atoms with Crippen LogP contribution < -0.4 is 9.47 Å². The maximum atomic E-state index is 10.8. The van der Waals surface area contributed by atoms with Crippen LogP contribution in [0, 0.1) is 0 Å². The van der Waals surface area contributed by atoms with Gasteiger partial charge in [-0.15, -0.1) is 0 Å². The van der Waals surface area contributed by atoms with Gasteiger partial charge in [-0.3, -0.25) is 4.90 Å². The molecule has 4 rings (SSSR count). The van der Waals surface area contributed by atoms with Crippen LogP contribution in [0.1, 0.15) is 39.2 Å². The van der Waals surface area contributed by atoms with Crippen molar-refractivity contribution in [2.24, 2.45) is 7.05 Å². The summed E-state index contributed by atoms with van der Waals surface area (Å²) in [5.41, 5.74) is 2.63. The molecule has 0 amide bonds. The van der Waals surface area contributed by atoms with Crippen LogP contribution in [0.25, 0.3) is 11.3 Å². The molecule has 0 aliphatic heterocycles. The Bertz CT molecular complexity index is 1100. The monoisotopic (exact) mass is 479 g/mol. The largest absolute Gasteiger partial charge is 0.497 e. The van der Waals surface area contributed by atoms with E-state index in [1.54, 1.807) is 11.8 Å². The van der Waals surface area contributed by atoms with E-state index in [0.717, 1.165) is 35.4 Å². The van der Waals surface area contributed by atoms with Crippen molar-refractivity contribution in [3.63, 3.8) is 0 Å². The molecule has 7 nitrogen and oxygen atoms in total. The minimum atomic E-state index is -0.575. The maximum Gasteiger partial charge on any atom is 0.222 e. The maximum absolute atomic E-state index is 10.8. The zero-order valence-corrected chi connectivity index (χ0v) is 21.4. The fraction of sp³-hybridized carbons (Fsp3) is 0.464. The van der Waals surface area contributed by atoms with Crippen LogP contribution in [-0.2, 0) is 18.3 Å². The number of ether oxygens (including phenoxy) is 3. The lowest BCUT2D eigenvalue weighted by Crippen LogP contribution is -2.37. The summed E-state index contributed by atoms with van der Waals surface area (Å²) >= 11 is 0. The van der Waals surface area contributed by atoms with Gasteiger partial charge in [-0.05, 0) is 45.7 Å². The third-order valence-corrected chi connectivity index (χ3v) is 5.97. The lowest BCUT2D eigenvalue weighted by molar-refractivity contribution is -0.0572. The summed E-state index contributed by atoms with van der Waals surface area (Å²) in [4.78, 5) is 2.33. The average molecular weight is 480 g/mol. The van der Waals surface area contributed by atoms with Gasteiger partial charge in [0.05, 0.1) is 31.0 Å². The molecule has 0 bridgehead atoms. The van der Waals surface area contributed by atoms with Crippen LogP contribution in [0.4, 0.5) is 0 Å². The number of aromatic nitrogens is 2. The topological polar surface area (TPSA) is 69.0 Å². The summed E-state index contributed by atoms with van der Waals surface area (Å²) in [6.07, 6.45) is 1.68. The highest BCUT2D eigenvalue weighted by Gasteiger charge is 2.33. The van der Waals surface area contributed by atoms with Gasteiger partial charge in [0.2, 0.25) is 5.88 Å². The molecule has 2 aromatic carbocycles. The Morgan fingerprint density at radius 1 is 1.09 bits per heavy atom. The zero-order chi connectivity index (χ0) is 25.0. The van der Waals surface area contributed by atoms with Gasteiger partial charge in [-0.25, -0.2) is 4.68 Å². The molecule has 35 heavy (non-hydrogen) atoms. The van der Waals surface area contributed by atoms with Crippen molar-refractivity contribution >= 4 is 0 Å². The first kappa shape index (κ1) is 25.2. The zero-order valence-electron chi connectivity index (χ0n) is 21.4. The number of nitrogens with zero attached hydrogens (tertiary/aromatic N) is 3. The van der Waals surface area contributed by atoms with Crippen LogP contribution in [0.2, 0.25) is 0 Å². The van der Waals surface area contributed by atoms with Crippen LogP contribution in [0.5, 0.6) is 17.4 Å². The highest BCUT2D eigenvalue weighted by molar-refractivity contribution is 5.65. The highest BCUT2D eigenvalue weighted by atomic mass is 16.5. The van der Waals surface area contributed by atoms with Crippen molar-refractivity contribution in [2.45, 2.75) is 57.9 Å². The molecule has 0 saturated heterocycles. The van der Waals surface area contributed by atoms with Gasteiger partial charge in [0.25, 0.3) is 0 Å². The summed E-state index contributed by atoms with van der Waals surface area (Å²) < 4.78 is 19.4. The van der Waals surface area contributed by atoms with E-state index < -0.39 is 6.10 Å². The first-order valence-corrected chi connectivity index (χ1v) is 12.2. The number of benzene rings is 2. The molecular weight excluding hydrogens is 442 g/mol. The van der Waals surface area contributed by atoms with Gasteiger partial charge in [-0.2, -0.15) is 5.10 Å². The van der Waals surface area contributed by atoms with Gasteiger partial charge in [-0.1, -0.05) is 36.4 Å². The summed E-state index contributed by atoms with van der Waals surface area (Å²) in [5.74, 6) is 2.10. The van der Waals surface area contributed by atoms with Crippen molar-refractivity contribution in [3.8, 4) is 28.6 Å². The molecule has 188 valence electrons. The Morgan fingerprint density at radius 3 is 2.46 bits per heavy atom. The van der Waals surface area contributed by atoms with Gasteiger partial charge >= 0.3 is 0 Å². The quantitative estimate of drug-likeness (QED) is 0.416. The predicted molar refractivity (Wildman–Crippen MR) is 137 cm³/mol. The second-order valence-electron chi connectivity index (χ2n) is 10.1. The van der Waals surface area contributed by atoms with E-state index in [2.05, 4.69) is 17.0 Å². The van der Waals surface area contributed by atoms with Crippen LogP contribution >= 0.6 is 0 Å². The Labute approximate surface area is 208 Å². The first-order chi connectivity index (χ1) is 16.7. The number of hydrogen-bond donors (Lipinski definition) is 1. The number of methoxy groups -OCH3 is 1. The molecule has 1 N–H and O–H groups in total. The smallest absolute Gasteiger partial charge is 0.222 e. The average Bonchev–Trinajstić information content (AvgIpc) is 3.64. The van der Waals surface area contributed by atoms with E-state index in [1.165, 1.54) is 0 Å². The molecule has 1 fully saturated rings. The summed E-state index contributed by atoms with van der Waals surface area (Å²) in [7, 11) is 3.54. The van der Waals surface area contributed by atoms with E-state index in [4.69, 9.17) is 19.3 Å². The van der Waals surface area contributed by atoms with E-state index in [1.807, 2.05) is 70.3 Å². The highest BCUT2D eigenvalue weighted by Crippen LogP contribution is 2.37. The predicted octanol–water partition coefficient (Wildman–Crippen LogP) is 5.03. The van der Waals surface area contributed by atoms with Crippen LogP contribution in [0.3, 0.4) is 0 Å². The molecule has 1 aliphatic rings. The van der Waals surface area contributed by atoms with Crippen molar-refractivity contribution < 1.29 is 19.3 Å². The Hall–Kier alpha value is -2.87. The second kappa shape index (κ2) is 10.8. The molecule has 1 aromatic heterocycles. The molecule has 0 radical (unpaired) electrons. The SMILES string of the molecule is COc1cccc(Oc2c(CN(CC(O)COC(C)(C)C)C3CC3)c(-c3ccccc3)nn2C)c1. The number of aliphatic hydroxyl groups excluding tert-OH is 1. The second-order valence-corrected chi connectivity index (χ2v) is 10.1. The lowest BCUT2D eigenvalue weighted by atomic mass is 10.1. The van der Waals surface area contributed by atoms with Gasteiger partial charge in [0, 0.05) is 37.8 Å². The van der Waals surface area contributed by atoms with Crippen molar-refractivity contribution in [1.29, 1.82) is 0 Å². The normalized spacial score (nSPS) is 14.8. The Kier molecular flexibility index (Phi) is 7.79. The number of aryl methyl sites for hydroxylation is 1. The molecule has 1 saturated carbocycles. The van der Waals surface area contributed by atoms with Crippen LogP contribution in [-0.4, -0.2) is 57.8 Å². The van der Waals surface area contributed by atoms with Crippen LogP contribution in [0.15, 0.2) is 54.6 Å². The Balaban J connectivity index is 1.64. The third kappa shape index (κ3) is 6.84. The minimum absolute atomic E-state index is 0.285. The molecule has 3 aromatic rings. The fourth-order valence-electron chi connectivity index (χ4n) is 4.08. The number of rotatable bonds is 11. The molecule has 7 heteroatoms. The van der Waals surface area contributed by atoms with Gasteiger partial charge in [0.1, 0.15) is 17.2 Å². The molecule has 1 unspecified atom stereocenters. The summed E-state index contributed by atoms with van der Waals surface area (Å²) in [6.45, 7) is 7.46. The standard InChI is InChI=1S/C28H37N3O4/c1-28(2,3)34-19-22(32)17-31(21-14-15-21)18-25-26(20-10-7-6-8-11-20)29-30(4)27(25)35-24-13-9-12-23(16-24)33-5/h6-13,16,21-22,32H,14-15,17-19H2,1-5H3. The van der Waals surface area contributed by atoms with Crippen molar-refractivity contribution in [3.05, 3.63) is 60.2 Å². The first-order valence-electron chi connectivity index (χ1n) is 12.2. The molecule has 1 atom stereocenters. The summed E-state index contributed by atoms with van der Waals surface area (Å²) in [5, 5.41) is 15.6. The number of aliphatic hydroxyl groups is 1. The molecule has 1 aliphatic carbocycles. The summed E-state index contributed by atoms with van der Waals surface area (Å²) in [6, 6.07) is 18.2. The molecule has 0 spiro atoms. The van der Waals surface area contributed by atoms with E-state index in [9.17, 15) is 5.11 Å². The number of hydrogen-bond acceptors (Lipinski definition) is 6. The van der Waals surface area contributed by atoms with Gasteiger partial charge in [0.15, 0.2) is 0 Å².